The van der Waals surface area contributed by atoms with E-state index in [9.17, 15) is 0 Å². The normalized spacial score (nSPS) is 11.6. The molecule has 2 heteroatoms. The summed E-state index contributed by atoms with van der Waals surface area (Å²) in [5.74, 6) is 0. The maximum atomic E-state index is 2.45. The smallest absolute Gasteiger partial charge is 0.0641 e. The molecule has 0 spiro atoms. The minimum Gasteiger partial charge on any atom is -0.309 e. The van der Waals surface area contributed by atoms with Gasteiger partial charge in [0.1, 0.15) is 0 Å². The van der Waals surface area contributed by atoms with Gasteiger partial charge in [-0.05, 0) is 70.8 Å². The van der Waals surface area contributed by atoms with Gasteiger partial charge < -0.3 is 9.13 Å². The van der Waals surface area contributed by atoms with Crippen LogP contribution in [0.4, 0.5) is 0 Å². The van der Waals surface area contributed by atoms with Crippen LogP contribution in [0, 0.1) is 0 Å². The molecule has 206 valence electrons. The summed E-state index contributed by atoms with van der Waals surface area (Å²) in [4.78, 5) is 0. The average Bonchev–Trinajstić information content (AvgIpc) is 3.62. The fourth-order valence-corrected chi connectivity index (χ4v) is 6.95. The van der Waals surface area contributed by atoms with Crippen molar-refractivity contribution in [1.29, 1.82) is 0 Å². The number of aromatic nitrogens is 2. The van der Waals surface area contributed by atoms with E-state index in [1.165, 1.54) is 65.9 Å². The van der Waals surface area contributed by atoms with Crippen molar-refractivity contribution < 1.29 is 0 Å². The molecule has 0 fully saturated rings. The topological polar surface area (TPSA) is 9.86 Å². The second-order valence-corrected chi connectivity index (χ2v) is 11.4. The zero-order valence-electron chi connectivity index (χ0n) is 24.1. The quantitative estimate of drug-likeness (QED) is 0.203. The van der Waals surface area contributed by atoms with Crippen LogP contribution in [0.1, 0.15) is 0 Å². The summed E-state index contributed by atoms with van der Waals surface area (Å²) >= 11 is 0. The maximum Gasteiger partial charge on any atom is 0.0641 e. The predicted octanol–water partition coefficient (Wildman–Crippen LogP) is 11.2. The van der Waals surface area contributed by atoms with E-state index in [0.717, 1.165) is 11.4 Å². The molecule has 0 N–H and O–H groups in total. The van der Waals surface area contributed by atoms with Crippen molar-refractivity contribution in [1.82, 2.24) is 9.13 Å². The molecule has 0 amide bonds. The summed E-state index contributed by atoms with van der Waals surface area (Å²) in [6.45, 7) is 0. The molecular formula is C42H28N2. The van der Waals surface area contributed by atoms with Gasteiger partial charge in [0.25, 0.3) is 0 Å². The highest BCUT2D eigenvalue weighted by molar-refractivity contribution is 6.26. The van der Waals surface area contributed by atoms with Gasteiger partial charge in [0.05, 0.1) is 22.1 Å². The molecule has 0 unspecified atom stereocenters. The zero-order valence-corrected chi connectivity index (χ0v) is 24.1. The number of hydrogen-bond donors (Lipinski definition) is 0. The van der Waals surface area contributed by atoms with E-state index < -0.39 is 0 Å². The molecule has 2 nitrogen and oxygen atoms in total. The van der Waals surface area contributed by atoms with Crippen molar-refractivity contribution in [3.05, 3.63) is 170 Å². The number of benzene rings is 7. The first-order valence-electron chi connectivity index (χ1n) is 15.1. The van der Waals surface area contributed by atoms with E-state index in [1.54, 1.807) is 0 Å². The van der Waals surface area contributed by atoms with Gasteiger partial charge in [-0.3, -0.25) is 0 Å². The number of hydrogen-bond acceptors (Lipinski definition) is 0. The molecular weight excluding hydrogens is 532 g/mol. The Hall–Kier alpha value is -5.86. The number of para-hydroxylation sites is 2. The third-order valence-corrected chi connectivity index (χ3v) is 8.90. The Labute approximate surface area is 255 Å². The van der Waals surface area contributed by atoms with Gasteiger partial charge in [0.15, 0.2) is 0 Å². The van der Waals surface area contributed by atoms with Gasteiger partial charge >= 0.3 is 0 Å². The second kappa shape index (κ2) is 9.86. The Balaban J connectivity index is 1.45. The molecule has 0 bridgehead atoms. The minimum absolute atomic E-state index is 1.15. The van der Waals surface area contributed by atoms with E-state index in [-0.39, 0.29) is 0 Å². The first kappa shape index (κ1) is 24.7. The van der Waals surface area contributed by atoms with Gasteiger partial charge in [-0.15, -0.1) is 0 Å². The largest absolute Gasteiger partial charge is 0.309 e. The summed E-state index contributed by atoms with van der Waals surface area (Å²) in [5.41, 5.74) is 12.0. The monoisotopic (exact) mass is 560 g/mol. The molecule has 0 saturated heterocycles. The summed E-state index contributed by atoms with van der Waals surface area (Å²) in [7, 11) is 0. The van der Waals surface area contributed by atoms with Gasteiger partial charge in [-0.2, -0.15) is 0 Å². The lowest BCUT2D eigenvalue weighted by Gasteiger charge is -2.11. The minimum atomic E-state index is 1.15. The van der Waals surface area contributed by atoms with Crippen LogP contribution in [-0.2, 0) is 0 Å². The van der Waals surface area contributed by atoms with Crippen molar-refractivity contribution in [2.45, 2.75) is 0 Å². The first-order valence-corrected chi connectivity index (χ1v) is 15.1. The standard InChI is InChI=1S/C42H28N2/c1-4-13-29(14-5-1)31-17-12-20-34(27-31)43-39-25-23-32(30-15-6-2-7-16-30)28-37(39)41-40(43)26-24-36-35-21-10-11-22-38(35)44(42(36)41)33-18-8-3-9-19-33/h1-28H. The predicted molar refractivity (Wildman–Crippen MR) is 186 cm³/mol. The van der Waals surface area contributed by atoms with Gasteiger partial charge in [0.2, 0.25) is 0 Å². The van der Waals surface area contributed by atoms with Crippen LogP contribution in [0.3, 0.4) is 0 Å². The highest BCUT2D eigenvalue weighted by Crippen LogP contribution is 2.43. The van der Waals surface area contributed by atoms with Gasteiger partial charge in [0, 0.05) is 32.9 Å². The van der Waals surface area contributed by atoms with Gasteiger partial charge in [-0.1, -0.05) is 121 Å². The van der Waals surface area contributed by atoms with E-state index in [1.807, 2.05) is 0 Å². The second-order valence-electron chi connectivity index (χ2n) is 11.4. The zero-order chi connectivity index (χ0) is 29.0. The van der Waals surface area contributed by atoms with Crippen LogP contribution in [0.5, 0.6) is 0 Å². The molecule has 9 aromatic rings. The fraction of sp³-hybridized carbons (Fsp3) is 0. The molecule has 44 heavy (non-hydrogen) atoms. The molecule has 0 aliphatic heterocycles. The van der Waals surface area contributed by atoms with E-state index >= 15 is 0 Å². The average molecular weight is 561 g/mol. The summed E-state index contributed by atoms with van der Waals surface area (Å²) in [5, 5.41) is 5.04. The maximum absolute atomic E-state index is 2.45. The Morgan fingerprint density at radius 3 is 1.61 bits per heavy atom. The summed E-state index contributed by atoms with van der Waals surface area (Å²) in [6.07, 6.45) is 0. The molecule has 0 aliphatic rings. The van der Waals surface area contributed by atoms with Crippen LogP contribution < -0.4 is 0 Å². The highest BCUT2D eigenvalue weighted by Gasteiger charge is 2.21. The molecule has 2 aromatic heterocycles. The van der Waals surface area contributed by atoms with E-state index in [4.69, 9.17) is 0 Å². The summed E-state index contributed by atoms with van der Waals surface area (Å²) in [6, 6.07) is 61.4. The van der Waals surface area contributed by atoms with Crippen molar-refractivity contribution >= 4 is 43.6 Å². The van der Waals surface area contributed by atoms with Crippen LogP contribution >= 0.6 is 0 Å². The highest BCUT2D eigenvalue weighted by atomic mass is 15.0. The third-order valence-electron chi connectivity index (χ3n) is 8.90. The SMILES string of the molecule is c1ccc(-c2cccc(-n3c4ccc(-c5ccccc5)cc4c4c3ccc3c5ccccc5n(-c5ccccc5)c34)c2)cc1. The molecule has 0 radical (unpaired) electrons. The molecule has 2 heterocycles. The first-order chi connectivity index (χ1) is 21.8. The fourth-order valence-electron chi connectivity index (χ4n) is 6.95. The van der Waals surface area contributed by atoms with Crippen molar-refractivity contribution in [3.63, 3.8) is 0 Å². The number of nitrogens with zero attached hydrogens (tertiary/aromatic N) is 2. The van der Waals surface area contributed by atoms with Crippen LogP contribution in [0.2, 0.25) is 0 Å². The third kappa shape index (κ3) is 3.75. The lowest BCUT2D eigenvalue weighted by Crippen LogP contribution is -1.95. The molecule has 0 saturated carbocycles. The van der Waals surface area contributed by atoms with Crippen LogP contribution in [0.25, 0.3) is 77.2 Å². The lowest BCUT2D eigenvalue weighted by molar-refractivity contribution is 1.17. The van der Waals surface area contributed by atoms with Crippen molar-refractivity contribution in [2.24, 2.45) is 0 Å². The molecule has 9 rings (SSSR count). The number of rotatable bonds is 4. The Kier molecular flexibility index (Phi) is 5.54. The van der Waals surface area contributed by atoms with Crippen molar-refractivity contribution in [3.8, 4) is 33.6 Å². The van der Waals surface area contributed by atoms with Crippen LogP contribution in [-0.4, -0.2) is 9.13 Å². The number of fused-ring (bicyclic) bond motifs is 7. The van der Waals surface area contributed by atoms with Gasteiger partial charge in [-0.25, -0.2) is 0 Å². The lowest BCUT2D eigenvalue weighted by atomic mass is 10.0. The van der Waals surface area contributed by atoms with E-state index in [0.29, 0.717) is 0 Å². The van der Waals surface area contributed by atoms with E-state index in [2.05, 4.69) is 179 Å². The van der Waals surface area contributed by atoms with Crippen LogP contribution in [0.15, 0.2) is 170 Å². The summed E-state index contributed by atoms with van der Waals surface area (Å²) < 4.78 is 4.89. The Morgan fingerprint density at radius 1 is 0.295 bits per heavy atom. The molecule has 0 aliphatic carbocycles. The Bertz CT molecular complexity index is 2470. The molecule has 7 aromatic carbocycles. The Morgan fingerprint density at radius 2 is 0.864 bits per heavy atom. The molecule has 0 atom stereocenters. The van der Waals surface area contributed by atoms with Crippen molar-refractivity contribution in [2.75, 3.05) is 0 Å².